The van der Waals surface area contributed by atoms with Crippen molar-refractivity contribution in [3.8, 4) is 0 Å². The number of nitrogens with zero attached hydrogens (tertiary/aromatic N) is 4. The van der Waals surface area contributed by atoms with Gasteiger partial charge in [0.15, 0.2) is 5.15 Å². The van der Waals surface area contributed by atoms with E-state index >= 15 is 0 Å². The zero-order chi connectivity index (χ0) is 26.4. The number of amides is 2. The predicted octanol–water partition coefficient (Wildman–Crippen LogP) is 2.38. The number of urea groups is 1. The maximum Gasteiger partial charge on any atom is 0.338 e. The van der Waals surface area contributed by atoms with Crippen molar-refractivity contribution in [2.24, 2.45) is 0 Å². The number of unbranched alkanes of at least 4 members (excludes halogenated alkanes) is 1. The molecule has 2 amide bonds. The van der Waals surface area contributed by atoms with Gasteiger partial charge in [-0.15, -0.1) is 11.3 Å². The molecule has 1 fully saturated rings. The molecule has 0 aliphatic carbocycles. The third-order valence-electron chi connectivity index (χ3n) is 6.45. The molecule has 0 bridgehead atoms. The van der Waals surface area contributed by atoms with E-state index in [4.69, 9.17) is 16.3 Å². The highest BCUT2D eigenvalue weighted by atomic mass is 35.5. The maximum atomic E-state index is 13.1. The summed E-state index contributed by atoms with van der Waals surface area (Å²) in [6.07, 6.45) is 3.75. The van der Waals surface area contributed by atoms with Crippen LogP contribution in [0.1, 0.15) is 55.4 Å². The number of hydrogen-bond acceptors (Lipinski definition) is 9. The molecule has 4 N–H and O–H groups in total. The first kappa shape index (κ1) is 27.5. The number of imidazole rings is 1. The highest BCUT2D eigenvalue weighted by molar-refractivity contribution is 7.09. The summed E-state index contributed by atoms with van der Waals surface area (Å²) in [4.78, 5) is 41.9. The topological polar surface area (TPSA) is 136 Å². The number of β-amino-alcohol motifs (C(OH)–C–C–N with tert-alkyl or cyclic N) is 1. The third kappa shape index (κ3) is 6.88. The number of aromatic nitrogens is 3. The van der Waals surface area contributed by atoms with Gasteiger partial charge in [0, 0.05) is 63.0 Å². The first-order valence-electron chi connectivity index (χ1n) is 12.6. The number of piperazine rings is 1. The van der Waals surface area contributed by atoms with Crippen molar-refractivity contribution in [2.75, 3.05) is 45.9 Å². The zero-order valence-electron chi connectivity index (χ0n) is 21.1. The lowest BCUT2D eigenvalue weighted by Gasteiger charge is -2.37. The number of rotatable bonds is 11. The van der Waals surface area contributed by atoms with Gasteiger partial charge in [0.05, 0.1) is 17.9 Å². The molecule has 0 aromatic carbocycles. The molecule has 0 saturated carbocycles. The summed E-state index contributed by atoms with van der Waals surface area (Å²) in [5, 5.41) is 18.9. The summed E-state index contributed by atoms with van der Waals surface area (Å²) in [6, 6.07) is -1.22. The number of nitrogens with one attached hydrogen (secondary N) is 3. The molecule has 13 heteroatoms. The van der Waals surface area contributed by atoms with E-state index in [-0.39, 0.29) is 11.8 Å². The lowest BCUT2D eigenvalue weighted by atomic mass is 9.99. The lowest BCUT2D eigenvalue weighted by molar-refractivity contribution is -0.139. The molecule has 4 rings (SSSR count). The molecule has 2 aromatic heterocycles. The molecule has 202 valence electrons. The fraction of sp³-hybridized carbons (Fsp3) is 0.583. The van der Waals surface area contributed by atoms with Crippen LogP contribution in [0, 0.1) is 0 Å². The number of aliphatic hydroxyl groups is 1. The number of H-pyrrole nitrogens is 1. The van der Waals surface area contributed by atoms with Gasteiger partial charge in [0.25, 0.3) is 0 Å². The van der Waals surface area contributed by atoms with E-state index in [1.165, 1.54) is 11.3 Å². The van der Waals surface area contributed by atoms with E-state index in [0.29, 0.717) is 48.2 Å². The summed E-state index contributed by atoms with van der Waals surface area (Å²) < 4.78 is 5.37. The van der Waals surface area contributed by atoms with Crippen LogP contribution in [0.5, 0.6) is 0 Å². The number of thiazole rings is 1. The van der Waals surface area contributed by atoms with Crippen LogP contribution < -0.4 is 10.6 Å². The average molecular weight is 552 g/mol. The number of ether oxygens (including phenoxy) is 1. The van der Waals surface area contributed by atoms with Gasteiger partial charge in [-0.05, 0) is 13.3 Å². The van der Waals surface area contributed by atoms with Crippen LogP contribution in [0.25, 0.3) is 0 Å². The minimum atomic E-state index is -0.798. The quantitative estimate of drug-likeness (QED) is 0.313. The zero-order valence-corrected chi connectivity index (χ0v) is 22.7. The van der Waals surface area contributed by atoms with Crippen molar-refractivity contribution < 1.29 is 19.4 Å². The Labute approximate surface area is 225 Å². The molecule has 0 spiro atoms. The largest absolute Gasteiger partial charge is 0.463 e. The number of hydrogen-bond donors (Lipinski definition) is 4. The first-order valence-corrected chi connectivity index (χ1v) is 13.9. The predicted molar refractivity (Wildman–Crippen MR) is 140 cm³/mol. The summed E-state index contributed by atoms with van der Waals surface area (Å²) in [7, 11) is 0. The van der Waals surface area contributed by atoms with Crippen molar-refractivity contribution >= 4 is 34.9 Å². The van der Waals surface area contributed by atoms with Crippen LogP contribution in [0.2, 0.25) is 5.15 Å². The number of halogens is 1. The Morgan fingerprint density at radius 2 is 2.05 bits per heavy atom. The van der Waals surface area contributed by atoms with Gasteiger partial charge in [-0.1, -0.05) is 24.9 Å². The van der Waals surface area contributed by atoms with Crippen molar-refractivity contribution in [1.82, 2.24) is 35.4 Å². The van der Waals surface area contributed by atoms with Crippen LogP contribution in [0.4, 0.5) is 4.79 Å². The molecule has 11 nitrogen and oxygen atoms in total. The second kappa shape index (κ2) is 12.8. The van der Waals surface area contributed by atoms with E-state index in [1.807, 2.05) is 5.38 Å². The van der Waals surface area contributed by atoms with E-state index in [2.05, 4.69) is 42.3 Å². The molecular weight excluding hydrogens is 518 g/mol. The third-order valence-corrected chi connectivity index (χ3v) is 7.62. The standard InChI is InChI=1S/C24H34ClN7O4S/c1-3-5-6-17-28-20(21(25)29-17)19-18(23(34)36-4-2)15(27-24(35)30-19)13-31-8-10-32(11-9-31)14-16(33)22-26-7-12-37-22/h7,12,16,19,33H,3-6,8-11,13-14H2,1-2H3,(H,28,29)(H2,27,30,35). The van der Waals surface area contributed by atoms with Crippen LogP contribution in [0.15, 0.2) is 22.8 Å². The molecule has 2 aliphatic rings. The second-order valence-corrected chi connectivity index (χ2v) is 10.4. The molecule has 0 radical (unpaired) electrons. The van der Waals surface area contributed by atoms with Crippen LogP contribution in [-0.4, -0.2) is 87.7 Å². The van der Waals surface area contributed by atoms with E-state index in [0.717, 1.165) is 38.2 Å². The number of aliphatic hydroxyl groups excluding tert-OH is 1. The Morgan fingerprint density at radius 3 is 2.73 bits per heavy atom. The van der Waals surface area contributed by atoms with Gasteiger partial charge in [0.1, 0.15) is 23.0 Å². The van der Waals surface area contributed by atoms with Gasteiger partial charge in [0.2, 0.25) is 0 Å². The van der Waals surface area contributed by atoms with Crippen molar-refractivity contribution in [2.45, 2.75) is 45.3 Å². The molecule has 2 aromatic rings. The van der Waals surface area contributed by atoms with Crippen LogP contribution >= 0.6 is 22.9 Å². The van der Waals surface area contributed by atoms with Crippen LogP contribution in [0.3, 0.4) is 0 Å². The summed E-state index contributed by atoms with van der Waals surface area (Å²) in [5.74, 6) is 0.205. The summed E-state index contributed by atoms with van der Waals surface area (Å²) >= 11 is 7.90. The van der Waals surface area contributed by atoms with Gasteiger partial charge >= 0.3 is 12.0 Å². The van der Waals surface area contributed by atoms with E-state index < -0.39 is 24.1 Å². The van der Waals surface area contributed by atoms with Crippen molar-refractivity contribution in [1.29, 1.82) is 0 Å². The van der Waals surface area contributed by atoms with E-state index in [1.54, 1.807) is 13.1 Å². The Bertz CT molecular complexity index is 1100. The lowest BCUT2D eigenvalue weighted by Crippen LogP contribution is -2.52. The molecular formula is C24H34ClN7O4S. The van der Waals surface area contributed by atoms with Gasteiger partial charge in [-0.25, -0.2) is 19.6 Å². The Balaban J connectivity index is 1.50. The molecule has 1 saturated heterocycles. The van der Waals surface area contributed by atoms with Gasteiger partial charge < -0.3 is 25.5 Å². The van der Waals surface area contributed by atoms with Gasteiger partial charge in [-0.3, -0.25) is 9.80 Å². The number of carbonyl (C=O) groups is 2. The minimum absolute atomic E-state index is 0.203. The summed E-state index contributed by atoms with van der Waals surface area (Å²) in [5.41, 5.74) is 1.28. The maximum absolute atomic E-state index is 13.1. The molecule has 2 unspecified atom stereocenters. The number of carbonyl (C=O) groups excluding carboxylic acids is 2. The monoisotopic (exact) mass is 551 g/mol. The van der Waals surface area contributed by atoms with Crippen LogP contribution in [-0.2, 0) is 16.0 Å². The fourth-order valence-corrected chi connectivity index (χ4v) is 5.42. The Morgan fingerprint density at radius 1 is 1.30 bits per heavy atom. The molecule has 2 atom stereocenters. The highest BCUT2D eigenvalue weighted by Gasteiger charge is 2.37. The molecule has 37 heavy (non-hydrogen) atoms. The number of esters is 1. The summed E-state index contributed by atoms with van der Waals surface area (Å²) in [6.45, 7) is 7.83. The number of aryl methyl sites for hydroxylation is 1. The average Bonchev–Trinajstić information content (AvgIpc) is 3.54. The van der Waals surface area contributed by atoms with E-state index in [9.17, 15) is 14.7 Å². The molecule has 4 heterocycles. The minimum Gasteiger partial charge on any atom is -0.463 e. The first-order chi connectivity index (χ1) is 17.9. The highest BCUT2D eigenvalue weighted by Crippen LogP contribution is 2.31. The Hall–Kier alpha value is -2.51. The van der Waals surface area contributed by atoms with Crippen molar-refractivity contribution in [3.63, 3.8) is 0 Å². The normalized spacial score (nSPS) is 20.0. The SMILES string of the molecule is CCCCc1nc(Cl)c(C2NC(=O)NC(CN3CCN(CC(O)c4nccs4)CC3)=C2C(=O)OCC)[nH]1. The number of aromatic amines is 1. The van der Waals surface area contributed by atoms with Crippen molar-refractivity contribution in [3.05, 3.63) is 44.5 Å². The smallest absolute Gasteiger partial charge is 0.338 e. The fourth-order valence-electron chi connectivity index (χ4n) is 4.55. The Kier molecular flexibility index (Phi) is 9.54. The molecule has 2 aliphatic heterocycles. The second-order valence-electron chi connectivity index (χ2n) is 9.10. The van der Waals surface area contributed by atoms with Gasteiger partial charge in [-0.2, -0.15) is 0 Å².